The van der Waals surface area contributed by atoms with Crippen LogP contribution in [-0.2, 0) is 0 Å². The maximum absolute atomic E-state index is 12.7. The number of hydrogen-bond donors (Lipinski definition) is 0. The molecule has 0 atom stereocenters. The number of thioether (sulfide) groups is 1. The van der Waals surface area contributed by atoms with E-state index in [1.165, 1.54) is 0 Å². The number of halogens is 1. The largest absolute Gasteiger partial charge is 0.313 e. The van der Waals surface area contributed by atoms with E-state index in [1.807, 2.05) is 17.0 Å². The summed E-state index contributed by atoms with van der Waals surface area (Å²) in [7, 11) is 0. The Bertz CT molecular complexity index is 758. The third kappa shape index (κ3) is 4.19. The van der Waals surface area contributed by atoms with Gasteiger partial charge in [0.1, 0.15) is 0 Å². The number of Topliss-reactive ketones (excluding diaryl/α,β-unsaturated/α-hetero) is 1. The van der Waals surface area contributed by atoms with Crippen molar-refractivity contribution in [3.8, 4) is 0 Å². The highest BCUT2D eigenvalue weighted by Gasteiger charge is 2.20. The third-order valence-corrected chi connectivity index (χ3v) is 5.15. The number of anilines is 1. The number of rotatable bonds is 4. The molecule has 1 aliphatic rings. The summed E-state index contributed by atoms with van der Waals surface area (Å²) in [5.41, 5.74) is 2.83. The first-order valence-corrected chi connectivity index (χ1v) is 9.30. The van der Waals surface area contributed by atoms with Gasteiger partial charge in [0.15, 0.2) is 11.0 Å². The molecule has 0 unspecified atom stereocenters. The maximum atomic E-state index is 12.7. The van der Waals surface area contributed by atoms with Crippen LogP contribution < -0.4 is 4.90 Å². The minimum absolute atomic E-state index is 0.0575. The van der Waals surface area contributed by atoms with Crippen LogP contribution in [-0.4, -0.2) is 29.8 Å². The molecule has 5 heteroatoms. The summed E-state index contributed by atoms with van der Waals surface area (Å²) in [6.45, 7) is 3.15. The van der Waals surface area contributed by atoms with Crippen molar-refractivity contribution in [1.82, 2.24) is 0 Å². The Labute approximate surface area is 151 Å². The Balaban J connectivity index is 1.88. The van der Waals surface area contributed by atoms with Gasteiger partial charge in [-0.1, -0.05) is 35.5 Å². The fraction of sp³-hybridized carbons (Fsp3) is 0.263. The second-order valence-corrected chi connectivity index (χ2v) is 7.22. The smallest absolute Gasteiger partial charge is 0.182 e. The molecule has 0 bridgehead atoms. The van der Waals surface area contributed by atoms with Gasteiger partial charge in [-0.05, 0) is 55.3 Å². The molecule has 0 aromatic heterocycles. The third-order valence-electron chi connectivity index (χ3n) is 3.79. The summed E-state index contributed by atoms with van der Waals surface area (Å²) in [4.78, 5) is 19.4. The van der Waals surface area contributed by atoms with Crippen LogP contribution in [0.4, 0.5) is 5.69 Å². The highest BCUT2D eigenvalue weighted by atomic mass is 35.5. The lowest BCUT2D eigenvalue weighted by Gasteiger charge is -2.27. The average Bonchev–Trinajstić information content (AvgIpc) is 2.61. The van der Waals surface area contributed by atoms with Gasteiger partial charge < -0.3 is 4.90 Å². The Kier molecular flexibility index (Phi) is 5.59. The van der Waals surface area contributed by atoms with Gasteiger partial charge in [-0.25, -0.2) is 0 Å². The molecule has 0 N–H and O–H groups in total. The molecule has 2 aromatic rings. The standard InChI is InChI=1S/C19H19ClN2OS/c1-14-4-2-5-17(12-14)22(19-21-10-3-11-24-19)13-18(23)15-6-8-16(20)9-7-15/h2,4-9,12H,3,10-11,13H2,1H3. The molecule has 124 valence electrons. The monoisotopic (exact) mass is 358 g/mol. The lowest BCUT2D eigenvalue weighted by Crippen LogP contribution is -2.35. The van der Waals surface area contributed by atoms with Crippen molar-refractivity contribution in [2.24, 2.45) is 4.99 Å². The molecule has 0 saturated heterocycles. The molecule has 24 heavy (non-hydrogen) atoms. The zero-order chi connectivity index (χ0) is 16.9. The molecule has 0 radical (unpaired) electrons. The summed E-state index contributed by atoms with van der Waals surface area (Å²) in [5.74, 6) is 1.10. The van der Waals surface area contributed by atoms with Gasteiger partial charge in [0.05, 0.1) is 6.54 Å². The van der Waals surface area contributed by atoms with Gasteiger partial charge in [-0.2, -0.15) is 0 Å². The Morgan fingerprint density at radius 2 is 2.04 bits per heavy atom. The lowest BCUT2D eigenvalue weighted by atomic mass is 10.1. The van der Waals surface area contributed by atoms with Crippen molar-refractivity contribution in [3.05, 3.63) is 64.7 Å². The van der Waals surface area contributed by atoms with Gasteiger partial charge in [0.25, 0.3) is 0 Å². The fourth-order valence-electron chi connectivity index (χ4n) is 2.55. The molecule has 0 amide bonds. The molecule has 1 heterocycles. The number of aliphatic imine (C=N–C) groups is 1. The predicted molar refractivity (Wildman–Crippen MR) is 104 cm³/mol. The van der Waals surface area contributed by atoms with Gasteiger partial charge in [0.2, 0.25) is 0 Å². The summed E-state index contributed by atoms with van der Waals surface area (Å²) < 4.78 is 0. The van der Waals surface area contributed by atoms with Crippen LogP contribution in [0.2, 0.25) is 5.02 Å². The average molecular weight is 359 g/mol. The van der Waals surface area contributed by atoms with Crippen LogP contribution in [0.3, 0.4) is 0 Å². The van der Waals surface area contributed by atoms with E-state index in [-0.39, 0.29) is 12.3 Å². The zero-order valence-electron chi connectivity index (χ0n) is 13.5. The number of ketones is 1. The van der Waals surface area contributed by atoms with Crippen LogP contribution in [0.1, 0.15) is 22.3 Å². The fourth-order valence-corrected chi connectivity index (χ4v) is 3.64. The van der Waals surface area contributed by atoms with E-state index < -0.39 is 0 Å². The van der Waals surface area contributed by atoms with Crippen molar-refractivity contribution in [3.63, 3.8) is 0 Å². The van der Waals surface area contributed by atoms with Crippen molar-refractivity contribution in [2.75, 3.05) is 23.7 Å². The van der Waals surface area contributed by atoms with Gasteiger partial charge in [0, 0.05) is 28.6 Å². The predicted octanol–water partition coefficient (Wildman–Crippen LogP) is 4.83. The lowest BCUT2D eigenvalue weighted by molar-refractivity contribution is 0.100. The van der Waals surface area contributed by atoms with Gasteiger partial charge in [-0.15, -0.1) is 0 Å². The molecule has 1 aliphatic heterocycles. The Hall–Kier alpha value is -1.78. The van der Waals surface area contributed by atoms with Crippen LogP contribution in [0.15, 0.2) is 53.5 Å². The SMILES string of the molecule is Cc1cccc(N(CC(=O)c2ccc(Cl)cc2)C2=NCCCS2)c1. The number of aryl methyl sites for hydroxylation is 1. The first-order valence-electron chi connectivity index (χ1n) is 7.94. The summed E-state index contributed by atoms with van der Waals surface area (Å²) in [6, 6.07) is 15.2. The number of nitrogens with zero attached hydrogens (tertiary/aromatic N) is 2. The first-order chi connectivity index (χ1) is 11.6. The summed E-state index contributed by atoms with van der Waals surface area (Å²) in [5, 5.41) is 1.56. The first kappa shape index (κ1) is 17.1. The van der Waals surface area contributed by atoms with E-state index >= 15 is 0 Å². The van der Waals surface area contributed by atoms with Crippen molar-refractivity contribution >= 4 is 40.0 Å². The number of hydrogen-bond acceptors (Lipinski definition) is 4. The number of carbonyl (C=O) groups is 1. The molecule has 3 nitrogen and oxygen atoms in total. The number of benzene rings is 2. The maximum Gasteiger partial charge on any atom is 0.182 e. The quantitative estimate of drug-likeness (QED) is 0.734. The molecule has 0 fully saturated rings. The van der Waals surface area contributed by atoms with Crippen LogP contribution in [0, 0.1) is 6.92 Å². The Morgan fingerprint density at radius 3 is 2.71 bits per heavy atom. The van der Waals surface area contributed by atoms with Crippen molar-refractivity contribution in [2.45, 2.75) is 13.3 Å². The van der Waals surface area contributed by atoms with Crippen molar-refractivity contribution in [1.29, 1.82) is 0 Å². The molecule has 0 spiro atoms. The molecular formula is C19H19ClN2OS. The second-order valence-electron chi connectivity index (χ2n) is 5.72. The van der Waals surface area contributed by atoms with E-state index in [0.29, 0.717) is 10.6 Å². The topological polar surface area (TPSA) is 32.7 Å². The minimum Gasteiger partial charge on any atom is -0.313 e. The minimum atomic E-state index is 0.0575. The highest BCUT2D eigenvalue weighted by Crippen LogP contribution is 2.24. The number of carbonyl (C=O) groups excluding carboxylic acids is 1. The Morgan fingerprint density at radius 1 is 1.25 bits per heavy atom. The van der Waals surface area contributed by atoms with E-state index in [2.05, 4.69) is 24.0 Å². The van der Waals surface area contributed by atoms with Crippen LogP contribution in [0.5, 0.6) is 0 Å². The van der Waals surface area contributed by atoms with E-state index in [9.17, 15) is 4.79 Å². The van der Waals surface area contributed by atoms with Gasteiger partial charge >= 0.3 is 0 Å². The zero-order valence-corrected chi connectivity index (χ0v) is 15.1. The second kappa shape index (κ2) is 7.86. The van der Waals surface area contributed by atoms with E-state index in [0.717, 1.165) is 35.1 Å². The normalized spacial score (nSPS) is 14.2. The molecule has 0 saturated carbocycles. The summed E-state index contributed by atoms with van der Waals surface area (Å²) >= 11 is 7.63. The highest BCUT2D eigenvalue weighted by molar-refractivity contribution is 8.14. The summed E-state index contributed by atoms with van der Waals surface area (Å²) in [6.07, 6.45) is 1.08. The van der Waals surface area contributed by atoms with Crippen LogP contribution >= 0.6 is 23.4 Å². The number of amidine groups is 1. The molecule has 2 aromatic carbocycles. The molecule has 0 aliphatic carbocycles. The van der Waals surface area contributed by atoms with E-state index in [4.69, 9.17) is 11.6 Å². The molecular weight excluding hydrogens is 340 g/mol. The van der Waals surface area contributed by atoms with Crippen LogP contribution in [0.25, 0.3) is 0 Å². The van der Waals surface area contributed by atoms with E-state index in [1.54, 1.807) is 36.0 Å². The molecule has 3 rings (SSSR count). The van der Waals surface area contributed by atoms with Gasteiger partial charge in [-0.3, -0.25) is 9.79 Å². The van der Waals surface area contributed by atoms with Crippen molar-refractivity contribution < 1.29 is 4.79 Å².